The van der Waals surface area contributed by atoms with Crippen LogP contribution in [0.5, 0.6) is 5.75 Å². The molecule has 0 N–H and O–H groups in total. The first-order valence-electron chi connectivity index (χ1n) is 10.7. The minimum absolute atomic E-state index is 0.0535. The summed E-state index contributed by atoms with van der Waals surface area (Å²) in [5.74, 6) is 2.16. The molecule has 1 aliphatic heterocycles. The molecule has 1 atom stereocenters. The van der Waals surface area contributed by atoms with Gasteiger partial charge in [0.2, 0.25) is 0 Å². The number of methoxy groups -OCH3 is 1. The van der Waals surface area contributed by atoms with Gasteiger partial charge in [-0.1, -0.05) is 24.2 Å². The van der Waals surface area contributed by atoms with Crippen molar-refractivity contribution in [1.29, 1.82) is 0 Å². The highest BCUT2D eigenvalue weighted by atomic mass is 32.2. The van der Waals surface area contributed by atoms with Gasteiger partial charge in [-0.15, -0.1) is 11.3 Å². The fraction of sp³-hybridized carbons (Fsp3) is 0.478. The summed E-state index contributed by atoms with van der Waals surface area (Å²) in [7, 11) is 1.65. The Morgan fingerprint density at radius 3 is 3.03 bits per heavy atom. The van der Waals surface area contributed by atoms with Crippen molar-refractivity contribution in [2.24, 2.45) is 5.92 Å². The Morgan fingerprint density at radius 2 is 2.20 bits per heavy atom. The molecule has 1 aromatic carbocycles. The van der Waals surface area contributed by atoms with E-state index in [4.69, 9.17) is 14.5 Å². The van der Waals surface area contributed by atoms with Crippen LogP contribution in [0.4, 0.5) is 0 Å². The zero-order valence-electron chi connectivity index (χ0n) is 17.2. The molecule has 2 aromatic heterocycles. The first-order valence-corrected chi connectivity index (χ1v) is 12.5. The van der Waals surface area contributed by atoms with Gasteiger partial charge in [-0.25, -0.2) is 4.98 Å². The maximum Gasteiger partial charge on any atom is 0.267 e. The molecule has 0 saturated carbocycles. The molecule has 30 heavy (non-hydrogen) atoms. The summed E-state index contributed by atoms with van der Waals surface area (Å²) in [4.78, 5) is 21.1. The predicted molar refractivity (Wildman–Crippen MR) is 123 cm³/mol. The zero-order valence-corrected chi connectivity index (χ0v) is 18.8. The van der Waals surface area contributed by atoms with Gasteiger partial charge in [0.05, 0.1) is 24.8 Å². The molecule has 0 spiro atoms. The van der Waals surface area contributed by atoms with Gasteiger partial charge in [-0.2, -0.15) is 0 Å². The number of fused-ring (bicyclic) bond motifs is 3. The molecule has 1 aliphatic carbocycles. The van der Waals surface area contributed by atoms with E-state index in [0.29, 0.717) is 5.92 Å². The van der Waals surface area contributed by atoms with Gasteiger partial charge in [0.25, 0.3) is 5.56 Å². The molecule has 1 saturated heterocycles. The number of ether oxygens (including phenoxy) is 2. The third kappa shape index (κ3) is 3.79. The van der Waals surface area contributed by atoms with Crippen LogP contribution in [0.2, 0.25) is 0 Å². The van der Waals surface area contributed by atoms with Gasteiger partial charge in [-0.3, -0.25) is 9.36 Å². The molecule has 1 fully saturated rings. The van der Waals surface area contributed by atoms with Crippen LogP contribution in [0, 0.1) is 5.92 Å². The van der Waals surface area contributed by atoms with Crippen molar-refractivity contribution in [3.05, 3.63) is 45.1 Å². The minimum atomic E-state index is 0.0535. The predicted octanol–water partition coefficient (Wildman–Crippen LogP) is 4.85. The molecule has 5 nitrogen and oxygen atoms in total. The van der Waals surface area contributed by atoms with E-state index in [1.54, 1.807) is 34.8 Å². The Bertz CT molecular complexity index is 1120. The van der Waals surface area contributed by atoms with Crippen LogP contribution in [-0.4, -0.2) is 35.6 Å². The van der Waals surface area contributed by atoms with Crippen LogP contribution in [0.15, 0.2) is 34.2 Å². The van der Waals surface area contributed by atoms with Crippen LogP contribution in [0.3, 0.4) is 0 Å². The molecule has 5 rings (SSSR count). The van der Waals surface area contributed by atoms with Crippen LogP contribution < -0.4 is 10.3 Å². The number of rotatable bonds is 5. The van der Waals surface area contributed by atoms with Gasteiger partial charge < -0.3 is 9.47 Å². The molecular weight excluding hydrogens is 416 g/mol. The van der Waals surface area contributed by atoms with Crippen molar-refractivity contribution in [2.45, 2.75) is 43.7 Å². The zero-order chi connectivity index (χ0) is 20.5. The molecular formula is C23H26N2O3S2. The summed E-state index contributed by atoms with van der Waals surface area (Å²) < 4.78 is 12.7. The smallest absolute Gasteiger partial charge is 0.267 e. The van der Waals surface area contributed by atoms with E-state index in [1.165, 1.54) is 23.3 Å². The number of benzene rings is 1. The number of aryl methyl sites for hydroxylation is 2. The third-order valence-electron chi connectivity index (χ3n) is 5.99. The lowest BCUT2D eigenvalue weighted by molar-refractivity contribution is 0.189. The summed E-state index contributed by atoms with van der Waals surface area (Å²) in [5.41, 5.74) is 2.10. The molecule has 0 radical (unpaired) electrons. The monoisotopic (exact) mass is 442 g/mol. The Labute approximate surface area is 184 Å². The van der Waals surface area contributed by atoms with E-state index < -0.39 is 0 Å². The van der Waals surface area contributed by atoms with Crippen molar-refractivity contribution < 1.29 is 9.47 Å². The molecule has 0 amide bonds. The molecule has 3 heterocycles. The first-order chi connectivity index (χ1) is 14.7. The highest BCUT2D eigenvalue weighted by Gasteiger charge is 2.24. The van der Waals surface area contributed by atoms with Gasteiger partial charge in [-0.05, 0) is 55.7 Å². The molecule has 3 aromatic rings. The first kappa shape index (κ1) is 20.1. The largest absolute Gasteiger partial charge is 0.497 e. The van der Waals surface area contributed by atoms with Crippen molar-refractivity contribution in [3.63, 3.8) is 0 Å². The Kier molecular flexibility index (Phi) is 5.85. The normalized spacial score (nSPS) is 19.0. The SMILES string of the molecule is COc1cccc(-n2c(SCC3CCOC3)nc3sc4c(c3c2=O)CCCCC4)c1. The highest BCUT2D eigenvalue weighted by Crippen LogP contribution is 2.35. The maximum atomic E-state index is 13.8. The van der Waals surface area contributed by atoms with Gasteiger partial charge in [0.15, 0.2) is 5.16 Å². The van der Waals surface area contributed by atoms with E-state index in [9.17, 15) is 4.79 Å². The van der Waals surface area contributed by atoms with Crippen LogP contribution in [0.25, 0.3) is 15.9 Å². The molecule has 7 heteroatoms. The minimum Gasteiger partial charge on any atom is -0.497 e. The Balaban J connectivity index is 1.66. The Morgan fingerprint density at radius 1 is 1.30 bits per heavy atom. The summed E-state index contributed by atoms with van der Waals surface area (Å²) in [6.07, 6.45) is 6.71. The average Bonchev–Trinajstić information content (AvgIpc) is 3.34. The lowest BCUT2D eigenvalue weighted by Crippen LogP contribution is -2.22. The van der Waals surface area contributed by atoms with Gasteiger partial charge in [0, 0.05) is 23.3 Å². The molecule has 1 unspecified atom stereocenters. The van der Waals surface area contributed by atoms with E-state index in [-0.39, 0.29) is 5.56 Å². The van der Waals surface area contributed by atoms with Crippen LogP contribution in [-0.2, 0) is 17.6 Å². The average molecular weight is 443 g/mol. The summed E-state index contributed by atoms with van der Waals surface area (Å²) >= 11 is 3.39. The lowest BCUT2D eigenvalue weighted by atomic mass is 10.1. The van der Waals surface area contributed by atoms with Crippen molar-refractivity contribution in [2.75, 3.05) is 26.1 Å². The number of nitrogens with zero attached hydrogens (tertiary/aromatic N) is 2. The standard InChI is InChI=1S/C23H26N2O3S2/c1-27-17-7-5-6-16(12-17)25-22(26)20-18-8-3-2-4-9-19(18)30-21(20)24-23(25)29-14-15-10-11-28-13-15/h5-7,12,15H,2-4,8-11,13-14H2,1H3. The summed E-state index contributed by atoms with van der Waals surface area (Å²) in [6.45, 7) is 1.63. The van der Waals surface area contributed by atoms with E-state index >= 15 is 0 Å². The number of aromatic nitrogens is 2. The third-order valence-corrected chi connectivity index (χ3v) is 8.35. The lowest BCUT2D eigenvalue weighted by Gasteiger charge is -2.14. The number of hydrogen-bond acceptors (Lipinski definition) is 6. The quantitative estimate of drug-likeness (QED) is 0.321. The summed E-state index contributed by atoms with van der Waals surface area (Å²) in [5, 5.41) is 1.59. The van der Waals surface area contributed by atoms with Crippen molar-refractivity contribution >= 4 is 33.3 Å². The second-order valence-corrected chi connectivity index (χ2v) is 10.1. The topological polar surface area (TPSA) is 53.4 Å². The maximum absolute atomic E-state index is 13.8. The van der Waals surface area contributed by atoms with Gasteiger partial charge >= 0.3 is 0 Å². The van der Waals surface area contributed by atoms with Crippen molar-refractivity contribution in [3.8, 4) is 11.4 Å². The fourth-order valence-corrected chi connectivity index (χ4v) is 6.77. The van der Waals surface area contributed by atoms with E-state index in [2.05, 4.69) is 0 Å². The Hall–Kier alpha value is -1.83. The van der Waals surface area contributed by atoms with Gasteiger partial charge in [0.1, 0.15) is 10.6 Å². The number of thiophene rings is 1. The van der Waals surface area contributed by atoms with Crippen LogP contribution >= 0.6 is 23.1 Å². The molecule has 2 aliphatic rings. The fourth-order valence-electron chi connectivity index (χ4n) is 4.34. The van der Waals surface area contributed by atoms with Crippen molar-refractivity contribution in [1.82, 2.24) is 9.55 Å². The number of hydrogen-bond donors (Lipinski definition) is 0. The molecule has 0 bridgehead atoms. The van der Waals surface area contributed by atoms with E-state index in [1.807, 2.05) is 24.3 Å². The molecule has 158 valence electrons. The van der Waals surface area contributed by atoms with E-state index in [0.717, 1.165) is 71.5 Å². The number of thioether (sulfide) groups is 1. The second-order valence-electron chi connectivity index (χ2n) is 8.02. The summed E-state index contributed by atoms with van der Waals surface area (Å²) in [6, 6.07) is 7.71. The second kappa shape index (κ2) is 8.73. The highest BCUT2D eigenvalue weighted by molar-refractivity contribution is 7.99. The van der Waals surface area contributed by atoms with Crippen LogP contribution in [0.1, 0.15) is 36.1 Å².